The first-order valence-corrected chi connectivity index (χ1v) is 6.93. The minimum absolute atomic E-state index is 0.0134. The molecule has 0 spiro atoms. The number of carbonyl (C=O) groups is 1. The van der Waals surface area contributed by atoms with Crippen LogP contribution in [0.2, 0.25) is 0 Å². The molecule has 1 rings (SSSR count). The number of rotatable bonds is 5. The largest absolute Gasteiger partial charge is 0.341 e. The van der Waals surface area contributed by atoms with E-state index in [9.17, 15) is 22.0 Å². The quantitative estimate of drug-likeness (QED) is 0.830. The number of halogens is 2. The van der Waals surface area contributed by atoms with Crippen LogP contribution >= 0.6 is 0 Å². The van der Waals surface area contributed by atoms with Gasteiger partial charge in [-0.3, -0.25) is 4.79 Å². The van der Waals surface area contributed by atoms with Gasteiger partial charge in [0.05, 0.1) is 4.90 Å². The third kappa shape index (κ3) is 3.35. The van der Waals surface area contributed by atoms with E-state index in [0.29, 0.717) is 5.56 Å². The Bertz CT molecular complexity index is 519. The van der Waals surface area contributed by atoms with Gasteiger partial charge in [-0.15, -0.1) is 0 Å². The number of hydrogen-bond acceptors (Lipinski definition) is 3. The Morgan fingerprint density at radius 2 is 1.67 bits per heavy atom. The van der Waals surface area contributed by atoms with E-state index in [1.807, 2.05) is 0 Å². The third-order valence-electron chi connectivity index (χ3n) is 2.51. The van der Waals surface area contributed by atoms with Gasteiger partial charge in [0, 0.05) is 12.3 Å². The number of Topliss-reactive ketones (excluding diaryl/α,β-unsaturated/α-hetero) is 1. The summed E-state index contributed by atoms with van der Waals surface area (Å²) in [5, 5.41) is 0. The Morgan fingerprint density at radius 3 is 2.06 bits per heavy atom. The van der Waals surface area contributed by atoms with Crippen LogP contribution in [0.3, 0.4) is 0 Å². The molecule has 0 bridgehead atoms. The maximum atomic E-state index is 12.3. The van der Waals surface area contributed by atoms with Crippen molar-refractivity contribution in [2.24, 2.45) is 5.92 Å². The fraction of sp³-hybridized carbons (Fsp3) is 0.417. The minimum Gasteiger partial charge on any atom is -0.299 e. The van der Waals surface area contributed by atoms with Gasteiger partial charge in [0.15, 0.2) is 0 Å². The number of alkyl halides is 2. The van der Waals surface area contributed by atoms with Crippen molar-refractivity contribution in [1.29, 1.82) is 0 Å². The molecule has 0 aliphatic rings. The molecular formula is C12H14F2O3S. The van der Waals surface area contributed by atoms with E-state index in [1.165, 1.54) is 12.1 Å². The molecule has 1 aromatic rings. The molecule has 3 nitrogen and oxygen atoms in total. The Hall–Kier alpha value is -1.30. The second kappa shape index (κ2) is 5.56. The first-order chi connectivity index (χ1) is 8.25. The first kappa shape index (κ1) is 14.8. The van der Waals surface area contributed by atoms with Gasteiger partial charge in [0.25, 0.3) is 0 Å². The summed E-state index contributed by atoms with van der Waals surface area (Å²) < 4.78 is 46.9. The molecule has 0 aromatic heterocycles. The van der Waals surface area contributed by atoms with Crippen molar-refractivity contribution >= 4 is 15.6 Å². The van der Waals surface area contributed by atoms with Crippen LogP contribution in [0.15, 0.2) is 29.2 Å². The molecule has 0 saturated carbocycles. The van der Waals surface area contributed by atoms with Crippen LogP contribution in [-0.2, 0) is 21.1 Å². The molecule has 0 radical (unpaired) electrons. The van der Waals surface area contributed by atoms with Crippen LogP contribution in [0, 0.1) is 5.92 Å². The average molecular weight is 276 g/mol. The van der Waals surface area contributed by atoms with Crippen LogP contribution < -0.4 is 0 Å². The molecule has 18 heavy (non-hydrogen) atoms. The maximum Gasteiger partial charge on any atom is 0.341 e. The van der Waals surface area contributed by atoms with E-state index in [2.05, 4.69) is 0 Å². The molecule has 0 unspecified atom stereocenters. The fourth-order valence-electron chi connectivity index (χ4n) is 1.31. The van der Waals surface area contributed by atoms with Gasteiger partial charge < -0.3 is 0 Å². The molecule has 0 aliphatic heterocycles. The predicted octanol–water partition coefficient (Wildman–Crippen LogP) is 2.45. The van der Waals surface area contributed by atoms with Gasteiger partial charge in [-0.2, -0.15) is 8.78 Å². The van der Waals surface area contributed by atoms with Gasteiger partial charge in [0.1, 0.15) is 5.78 Å². The van der Waals surface area contributed by atoms with Crippen molar-refractivity contribution in [2.75, 3.05) is 0 Å². The second-order valence-corrected chi connectivity index (χ2v) is 6.17. The number of sulfone groups is 1. The van der Waals surface area contributed by atoms with Crippen molar-refractivity contribution < 1.29 is 22.0 Å². The van der Waals surface area contributed by atoms with Crippen molar-refractivity contribution in [3.05, 3.63) is 29.8 Å². The van der Waals surface area contributed by atoms with E-state index >= 15 is 0 Å². The Balaban J connectivity index is 2.91. The van der Waals surface area contributed by atoms with E-state index < -0.39 is 20.5 Å². The van der Waals surface area contributed by atoms with Gasteiger partial charge in [-0.25, -0.2) is 8.42 Å². The minimum atomic E-state index is -4.56. The van der Waals surface area contributed by atoms with Crippen LogP contribution in [0.5, 0.6) is 0 Å². The van der Waals surface area contributed by atoms with E-state index in [0.717, 1.165) is 12.1 Å². The lowest BCUT2D eigenvalue weighted by molar-refractivity contribution is -0.121. The summed E-state index contributed by atoms with van der Waals surface area (Å²) in [5.74, 6) is -3.53. The molecule has 0 atom stereocenters. The molecule has 0 heterocycles. The van der Waals surface area contributed by atoms with Crippen molar-refractivity contribution in [1.82, 2.24) is 0 Å². The van der Waals surface area contributed by atoms with E-state index in [-0.39, 0.29) is 18.1 Å². The molecule has 0 N–H and O–H groups in total. The standard InChI is InChI=1S/C12H14F2O3S/c1-8(2)11(15)7-9-3-5-10(6-4-9)18(16,17)12(13)14/h3-6,8,12H,7H2,1-2H3. The summed E-state index contributed by atoms with van der Waals surface area (Å²) in [6.45, 7) is 3.52. The molecule has 0 saturated heterocycles. The Labute approximate surface area is 105 Å². The van der Waals surface area contributed by atoms with Crippen LogP contribution in [0.25, 0.3) is 0 Å². The van der Waals surface area contributed by atoms with Gasteiger partial charge in [0.2, 0.25) is 9.84 Å². The highest BCUT2D eigenvalue weighted by Gasteiger charge is 2.26. The molecule has 6 heteroatoms. The molecule has 0 amide bonds. The lowest BCUT2D eigenvalue weighted by Crippen LogP contribution is -2.12. The maximum absolute atomic E-state index is 12.3. The van der Waals surface area contributed by atoms with Crippen LogP contribution in [-0.4, -0.2) is 20.0 Å². The highest BCUT2D eigenvalue weighted by atomic mass is 32.2. The van der Waals surface area contributed by atoms with Gasteiger partial charge in [-0.1, -0.05) is 26.0 Å². The molecule has 0 fully saturated rings. The molecule has 1 aromatic carbocycles. The molecule has 0 aliphatic carbocycles. The fourth-order valence-corrected chi connectivity index (χ4v) is 2.03. The zero-order valence-electron chi connectivity index (χ0n) is 10.1. The Kier molecular flexibility index (Phi) is 4.56. The Morgan fingerprint density at radius 1 is 1.17 bits per heavy atom. The van der Waals surface area contributed by atoms with Crippen molar-refractivity contribution in [3.63, 3.8) is 0 Å². The van der Waals surface area contributed by atoms with E-state index in [4.69, 9.17) is 0 Å². The third-order valence-corrected chi connectivity index (χ3v) is 3.91. The zero-order chi connectivity index (χ0) is 13.9. The lowest BCUT2D eigenvalue weighted by Gasteiger charge is -2.06. The number of benzene rings is 1. The molecule has 100 valence electrons. The van der Waals surface area contributed by atoms with Crippen LogP contribution in [0.1, 0.15) is 19.4 Å². The summed E-state index contributed by atoms with van der Waals surface area (Å²) in [6.07, 6.45) is 0.173. The van der Waals surface area contributed by atoms with E-state index in [1.54, 1.807) is 13.8 Å². The second-order valence-electron chi connectivity index (χ2n) is 4.25. The normalized spacial score (nSPS) is 12.1. The average Bonchev–Trinajstić information content (AvgIpc) is 2.29. The topological polar surface area (TPSA) is 51.2 Å². The number of hydrogen-bond donors (Lipinski definition) is 0. The van der Waals surface area contributed by atoms with Crippen molar-refractivity contribution in [2.45, 2.75) is 30.9 Å². The van der Waals surface area contributed by atoms with Crippen molar-refractivity contribution in [3.8, 4) is 0 Å². The molecular weight excluding hydrogens is 262 g/mol. The summed E-state index contributed by atoms with van der Waals surface area (Å²) in [7, 11) is -4.56. The summed E-state index contributed by atoms with van der Waals surface area (Å²) in [4.78, 5) is 11.0. The van der Waals surface area contributed by atoms with Gasteiger partial charge >= 0.3 is 5.76 Å². The summed E-state index contributed by atoms with van der Waals surface area (Å²) >= 11 is 0. The number of ketones is 1. The highest BCUT2D eigenvalue weighted by Crippen LogP contribution is 2.19. The zero-order valence-corrected chi connectivity index (χ0v) is 10.9. The SMILES string of the molecule is CC(C)C(=O)Cc1ccc(S(=O)(=O)C(F)F)cc1. The summed E-state index contributed by atoms with van der Waals surface area (Å²) in [5.41, 5.74) is 0.613. The monoisotopic (exact) mass is 276 g/mol. The van der Waals surface area contributed by atoms with Crippen LogP contribution in [0.4, 0.5) is 8.78 Å². The first-order valence-electron chi connectivity index (χ1n) is 5.39. The lowest BCUT2D eigenvalue weighted by atomic mass is 10.0. The smallest absolute Gasteiger partial charge is 0.299 e. The van der Waals surface area contributed by atoms with Gasteiger partial charge in [-0.05, 0) is 17.7 Å². The predicted molar refractivity (Wildman–Crippen MR) is 63.2 cm³/mol. The summed E-state index contributed by atoms with van der Waals surface area (Å²) in [6, 6.07) is 4.97. The number of carbonyl (C=O) groups excluding carboxylic acids is 1. The highest BCUT2D eigenvalue weighted by molar-refractivity contribution is 7.91.